The van der Waals surface area contributed by atoms with Crippen molar-refractivity contribution in [3.05, 3.63) is 35.3 Å². The van der Waals surface area contributed by atoms with E-state index < -0.39 is 0 Å². The maximum Gasteiger partial charge on any atom is 0.291 e. The van der Waals surface area contributed by atoms with Gasteiger partial charge in [0.1, 0.15) is 0 Å². The average Bonchev–Trinajstić information content (AvgIpc) is 2.69. The summed E-state index contributed by atoms with van der Waals surface area (Å²) in [7, 11) is 1.96. The van der Waals surface area contributed by atoms with Crippen LogP contribution in [0.15, 0.2) is 24.5 Å². The first-order chi connectivity index (χ1) is 8.27. The normalized spacial score (nSPS) is 17.7. The molecule has 0 unspecified atom stereocenters. The van der Waals surface area contributed by atoms with Gasteiger partial charge in [0.15, 0.2) is 0 Å². The van der Waals surface area contributed by atoms with Gasteiger partial charge in [-0.25, -0.2) is 9.30 Å². The summed E-state index contributed by atoms with van der Waals surface area (Å²) in [6, 6.07) is 3.93. The fourth-order valence-corrected chi connectivity index (χ4v) is 3.13. The molecule has 0 aromatic carbocycles. The minimum absolute atomic E-state index is 0.648. The van der Waals surface area contributed by atoms with Gasteiger partial charge >= 0.3 is 0 Å². The first-order valence-electron chi connectivity index (χ1n) is 6.44. The van der Waals surface area contributed by atoms with Crippen molar-refractivity contribution in [2.45, 2.75) is 38.0 Å². The molecule has 0 radical (unpaired) electrons. The largest absolute Gasteiger partial charge is 0.711 e. The highest BCUT2D eigenvalue weighted by Crippen LogP contribution is 2.36. The van der Waals surface area contributed by atoms with Crippen LogP contribution in [0.25, 0.3) is 11.0 Å². The third kappa shape index (κ3) is 1.70. The van der Waals surface area contributed by atoms with E-state index in [2.05, 4.69) is 12.3 Å². The molecule has 0 spiro atoms. The van der Waals surface area contributed by atoms with Crippen LogP contribution in [-0.4, -0.2) is 4.57 Å². The van der Waals surface area contributed by atoms with Crippen molar-refractivity contribution in [3.63, 3.8) is 0 Å². The smallest absolute Gasteiger partial charge is 0.291 e. The van der Waals surface area contributed by atoms with Gasteiger partial charge in [0.05, 0.1) is 24.8 Å². The Morgan fingerprint density at radius 3 is 2.82 bits per heavy atom. The van der Waals surface area contributed by atoms with Gasteiger partial charge in [-0.2, -0.15) is 0 Å². The maximum atomic E-state index is 11.8. The minimum Gasteiger partial charge on any atom is -0.711 e. The summed E-state index contributed by atoms with van der Waals surface area (Å²) >= 11 is 0. The predicted octanol–water partition coefficient (Wildman–Crippen LogP) is 2.86. The first-order valence-corrected chi connectivity index (χ1v) is 6.44. The second-order valence-electron chi connectivity index (χ2n) is 5.10. The van der Waals surface area contributed by atoms with E-state index in [-0.39, 0.29) is 0 Å². The summed E-state index contributed by atoms with van der Waals surface area (Å²) < 4.78 is 2.94. The molecule has 1 fully saturated rings. The summed E-state index contributed by atoms with van der Waals surface area (Å²) in [5.41, 5.74) is 2.15. The van der Waals surface area contributed by atoms with Crippen LogP contribution >= 0.6 is 0 Å². The van der Waals surface area contributed by atoms with Gasteiger partial charge in [0.2, 0.25) is 0 Å². The molecule has 17 heavy (non-hydrogen) atoms. The van der Waals surface area contributed by atoms with E-state index in [9.17, 15) is 5.21 Å². The molecule has 0 N–H and O–H groups in total. The maximum absolute atomic E-state index is 11.8. The minimum atomic E-state index is 0.648. The van der Waals surface area contributed by atoms with Crippen LogP contribution in [0, 0.1) is 5.21 Å². The lowest BCUT2D eigenvalue weighted by molar-refractivity contribution is -0.580. The molecule has 2 aromatic heterocycles. The number of aryl methyl sites for hydroxylation is 1. The van der Waals surface area contributed by atoms with Gasteiger partial charge in [-0.15, -0.1) is 0 Å². The number of aromatic nitrogens is 2. The Morgan fingerprint density at radius 1 is 1.29 bits per heavy atom. The highest BCUT2D eigenvalue weighted by Gasteiger charge is 2.23. The summed E-state index contributed by atoms with van der Waals surface area (Å²) in [4.78, 5) is 0. The zero-order valence-corrected chi connectivity index (χ0v) is 10.2. The number of fused-ring (bicyclic) bond motifs is 1. The highest BCUT2D eigenvalue weighted by molar-refractivity contribution is 5.78. The van der Waals surface area contributed by atoms with Crippen LogP contribution in [0.1, 0.15) is 43.6 Å². The molecule has 2 aromatic rings. The molecule has 1 saturated carbocycles. The van der Waals surface area contributed by atoms with Crippen molar-refractivity contribution in [2.75, 3.05) is 0 Å². The van der Waals surface area contributed by atoms with Crippen molar-refractivity contribution < 1.29 is 4.73 Å². The summed E-state index contributed by atoms with van der Waals surface area (Å²) in [6.07, 6.45) is 10.3. The van der Waals surface area contributed by atoms with Crippen molar-refractivity contribution in [3.8, 4) is 0 Å². The molecule has 3 nitrogen and oxygen atoms in total. The summed E-state index contributed by atoms with van der Waals surface area (Å²) in [6.45, 7) is 0. The van der Waals surface area contributed by atoms with E-state index in [1.165, 1.54) is 37.7 Å². The van der Waals surface area contributed by atoms with Gasteiger partial charge in [0.25, 0.3) is 5.65 Å². The number of rotatable bonds is 1. The zero-order chi connectivity index (χ0) is 11.8. The van der Waals surface area contributed by atoms with Crippen molar-refractivity contribution >= 4 is 11.0 Å². The molecule has 0 atom stereocenters. The fraction of sp³-hybridized carbons (Fsp3) is 0.500. The molecule has 3 rings (SSSR count). The van der Waals surface area contributed by atoms with Crippen molar-refractivity contribution in [2.24, 2.45) is 7.05 Å². The molecule has 1 aliphatic carbocycles. The lowest BCUT2D eigenvalue weighted by atomic mass is 9.84. The van der Waals surface area contributed by atoms with Crippen LogP contribution in [-0.2, 0) is 7.05 Å². The number of nitrogens with zero attached hydrogens (tertiary/aromatic N) is 2. The second kappa shape index (κ2) is 4.06. The van der Waals surface area contributed by atoms with Gasteiger partial charge in [-0.3, -0.25) is 0 Å². The number of hydrogen-bond acceptors (Lipinski definition) is 1. The molecule has 0 saturated heterocycles. The Morgan fingerprint density at radius 2 is 2.06 bits per heavy atom. The zero-order valence-electron chi connectivity index (χ0n) is 10.2. The van der Waals surface area contributed by atoms with E-state index in [1.54, 1.807) is 6.20 Å². The molecule has 0 bridgehead atoms. The third-order valence-corrected chi connectivity index (χ3v) is 3.96. The van der Waals surface area contributed by atoms with Gasteiger partial charge < -0.3 is 5.21 Å². The SMILES string of the molecule is Cn1cc(C2CCCCC2)c2ccc[n+]([O-])c21. The molecular weight excluding hydrogens is 212 g/mol. The number of hydrogen-bond donors (Lipinski definition) is 0. The van der Waals surface area contributed by atoms with Gasteiger partial charge in [0, 0.05) is 5.56 Å². The van der Waals surface area contributed by atoms with Crippen molar-refractivity contribution in [1.29, 1.82) is 0 Å². The van der Waals surface area contributed by atoms with Crippen LogP contribution in [0.4, 0.5) is 0 Å². The van der Waals surface area contributed by atoms with E-state index in [4.69, 9.17) is 0 Å². The molecule has 3 heteroatoms. The molecule has 2 heterocycles. The molecule has 1 aliphatic rings. The average molecular weight is 230 g/mol. The van der Waals surface area contributed by atoms with Crippen LogP contribution in [0.3, 0.4) is 0 Å². The van der Waals surface area contributed by atoms with E-state index in [0.29, 0.717) is 5.92 Å². The van der Waals surface area contributed by atoms with Crippen LogP contribution in [0.5, 0.6) is 0 Å². The Labute approximate surface area is 101 Å². The monoisotopic (exact) mass is 230 g/mol. The Kier molecular flexibility index (Phi) is 2.54. The first kappa shape index (κ1) is 10.6. The third-order valence-electron chi connectivity index (χ3n) is 3.96. The standard InChI is InChI=1S/C14H18N2O/c1-15-10-13(11-6-3-2-4-7-11)12-8-5-9-16(17)14(12)15/h5,8-11H,2-4,6-7H2,1H3. The quantitative estimate of drug-likeness (QED) is 0.547. The van der Waals surface area contributed by atoms with Gasteiger partial charge in [-0.05, 0) is 30.9 Å². The van der Waals surface area contributed by atoms with E-state index >= 15 is 0 Å². The predicted molar refractivity (Wildman–Crippen MR) is 67.7 cm³/mol. The highest BCUT2D eigenvalue weighted by atomic mass is 16.5. The summed E-state index contributed by atoms with van der Waals surface area (Å²) in [5.74, 6) is 0.648. The molecule has 0 amide bonds. The van der Waals surface area contributed by atoms with E-state index in [1.807, 2.05) is 17.7 Å². The molecule has 90 valence electrons. The lowest BCUT2D eigenvalue weighted by Gasteiger charge is -2.20. The Hall–Kier alpha value is -1.51. The molecular formula is C14H18N2O. The Bertz CT molecular complexity index is 538. The van der Waals surface area contributed by atoms with Crippen LogP contribution < -0.4 is 4.73 Å². The number of pyridine rings is 1. The second-order valence-corrected chi connectivity index (χ2v) is 5.10. The van der Waals surface area contributed by atoms with Crippen LogP contribution in [0.2, 0.25) is 0 Å². The molecule has 0 aliphatic heterocycles. The summed E-state index contributed by atoms with van der Waals surface area (Å²) in [5, 5.41) is 12.9. The topological polar surface area (TPSA) is 31.9 Å². The lowest BCUT2D eigenvalue weighted by Crippen LogP contribution is -2.27. The Balaban J connectivity index is 2.13. The fourth-order valence-electron chi connectivity index (χ4n) is 3.13. The van der Waals surface area contributed by atoms with Gasteiger partial charge in [-0.1, -0.05) is 19.3 Å². The van der Waals surface area contributed by atoms with Crippen molar-refractivity contribution in [1.82, 2.24) is 4.57 Å². The van der Waals surface area contributed by atoms with E-state index in [0.717, 1.165) is 15.8 Å².